The number of rotatable bonds is 5. The number of carbonyl (C=O) groups is 2. The molecule has 1 rings (SSSR count). The van der Waals surface area contributed by atoms with Crippen LogP contribution in [0, 0.1) is 0 Å². The minimum atomic E-state index is -0.769. The lowest BCUT2D eigenvalue weighted by molar-refractivity contribution is -0.142. The molecule has 6 nitrogen and oxygen atoms in total. The SMILES string of the molecule is COC(=O)[C@@H](N)Cc1cnc(OC)c(C=O)c1. The number of aromatic nitrogens is 1. The summed E-state index contributed by atoms with van der Waals surface area (Å²) in [5, 5.41) is 0. The lowest BCUT2D eigenvalue weighted by atomic mass is 10.1. The smallest absolute Gasteiger partial charge is 0.322 e. The Morgan fingerprint density at radius 2 is 2.29 bits per heavy atom. The lowest BCUT2D eigenvalue weighted by Gasteiger charge is -2.10. The van der Waals surface area contributed by atoms with E-state index in [4.69, 9.17) is 10.5 Å². The first-order valence-corrected chi connectivity index (χ1v) is 4.93. The fourth-order valence-corrected chi connectivity index (χ4v) is 1.37. The monoisotopic (exact) mass is 238 g/mol. The molecule has 0 spiro atoms. The van der Waals surface area contributed by atoms with Crippen molar-refractivity contribution in [1.82, 2.24) is 4.98 Å². The Hall–Kier alpha value is -1.95. The molecule has 0 aliphatic heterocycles. The molecule has 0 aliphatic rings. The van der Waals surface area contributed by atoms with Gasteiger partial charge in [-0.3, -0.25) is 9.59 Å². The summed E-state index contributed by atoms with van der Waals surface area (Å²) in [5.41, 5.74) is 6.59. The molecule has 17 heavy (non-hydrogen) atoms. The summed E-state index contributed by atoms with van der Waals surface area (Å²) in [6, 6.07) is 0.816. The number of aldehydes is 1. The molecule has 0 aliphatic carbocycles. The van der Waals surface area contributed by atoms with E-state index >= 15 is 0 Å². The van der Waals surface area contributed by atoms with E-state index in [-0.39, 0.29) is 12.3 Å². The molecule has 0 bridgehead atoms. The van der Waals surface area contributed by atoms with E-state index in [1.165, 1.54) is 20.4 Å². The van der Waals surface area contributed by atoms with Crippen molar-refractivity contribution >= 4 is 12.3 Å². The maximum absolute atomic E-state index is 11.1. The van der Waals surface area contributed by atoms with Gasteiger partial charge in [0.25, 0.3) is 0 Å². The van der Waals surface area contributed by atoms with E-state index < -0.39 is 12.0 Å². The summed E-state index contributed by atoms with van der Waals surface area (Å²) in [7, 11) is 2.69. The van der Waals surface area contributed by atoms with Gasteiger partial charge in [-0.1, -0.05) is 0 Å². The second-order valence-corrected chi connectivity index (χ2v) is 3.39. The van der Waals surface area contributed by atoms with Gasteiger partial charge in [0.2, 0.25) is 5.88 Å². The predicted molar refractivity (Wildman–Crippen MR) is 59.9 cm³/mol. The van der Waals surface area contributed by atoms with Crippen molar-refractivity contribution in [3.05, 3.63) is 23.4 Å². The molecule has 1 heterocycles. The van der Waals surface area contributed by atoms with Gasteiger partial charge in [0.05, 0.1) is 19.8 Å². The summed E-state index contributed by atoms with van der Waals surface area (Å²) < 4.78 is 9.41. The highest BCUT2D eigenvalue weighted by atomic mass is 16.5. The van der Waals surface area contributed by atoms with Crippen molar-refractivity contribution in [2.24, 2.45) is 5.73 Å². The van der Waals surface area contributed by atoms with Gasteiger partial charge >= 0.3 is 5.97 Å². The average molecular weight is 238 g/mol. The van der Waals surface area contributed by atoms with Crippen molar-refractivity contribution in [3.8, 4) is 5.88 Å². The molecule has 1 atom stereocenters. The number of hydrogen-bond donors (Lipinski definition) is 1. The minimum Gasteiger partial charge on any atom is -0.480 e. The first-order valence-electron chi connectivity index (χ1n) is 4.93. The van der Waals surface area contributed by atoms with Crippen LogP contribution in [0.25, 0.3) is 0 Å². The van der Waals surface area contributed by atoms with Crippen LogP contribution >= 0.6 is 0 Å². The lowest BCUT2D eigenvalue weighted by Crippen LogP contribution is -2.33. The van der Waals surface area contributed by atoms with Gasteiger partial charge in [-0.25, -0.2) is 4.98 Å². The molecule has 1 aromatic rings. The summed E-state index contributed by atoms with van der Waals surface area (Å²) >= 11 is 0. The van der Waals surface area contributed by atoms with Crippen LogP contribution in [0.5, 0.6) is 5.88 Å². The molecular formula is C11H14N2O4. The summed E-state index contributed by atoms with van der Waals surface area (Å²) in [6.07, 6.45) is 2.40. The van der Waals surface area contributed by atoms with Crippen LogP contribution in [0.3, 0.4) is 0 Å². The Bertz CT molecular complexity index is 420. The normalized spacial score (nSPS) is 11.7. The van der Waals surface area contributed by atoms with E-state index in [0.29, 0.717) is 17.4 Å². The summed E-state index contributed by atoms with van der Waals surface area (Å²) in [5.74, 6) is -0.260. The highest BCUT2D eigenvalue weighted by Gasteiger charge is 2.15. The second kappa shape index (κ2) is 5.95. The number of ether oxygens (including phenoxy) is 2. The van der Waals surface area contributed by atoms with Crippen LogP contribution in [0.15, 0.2) is 12.3 Å². The fraction of sp³-hybridized carbons (Fsp3) is 0.364. The van der Waals surface area contributed by atoms with Crippen molar-refractivity contribution in [1.29, 1.82) is 0 Å². The van der Waals surface area contributed by atoms with Gasteiger partial charge in [0, 0.05) is 6.20 Å². The zero-order valence-corrected chi connectivity index (χ0v) is 9.67. The van der Waals surface area contributed by atoms with Crippen molar-refractivity contribution in [2.75, 3.05) is 14.2 Å². The molecule has 2 N–H and O–H groups in total. The van der Waals surface area contributed by atoms with Gasteiger partial charge in [-0.15, -0.1) is 0 Å². The predicted octanol–water partition coefficient (Wildman–Crippen LogP) is -0.0545. The Kier molecular flexibility index (Phi) is 4.59. The minimum absolute atomic E-state index is 0.246. The second-order valence-electron chi connectivity index (χ2n) is 3.39. The molecule has 0 saturated heterocycles. The first-order chi connectivity index (χ1) is 8.12. The van der Waals surface area contributed by atoms with Crippen LogP contribution in [-0.4, -0.2) is 37.5 Å². The maximum Gasteiger partial charge on any atom is 0.322 e. The van der Waals surface area contributed by atoms with E-state index in [1.54, 1.807) is 6.07 Å². The zero-order valence-electron chi connectivity index (χ0n) is 9.67. The van der Waals surface area contributed by atoms with Crippen molar-refractivity contribution in [2.45, 2.75) is 12.5 Å². The quantitative estimate of drug-likeness (QED) is 0.571. The average Bonchev–Trinajstić information content (AvgIpc) is 2.37. The highest BCUT2D eigenvalue weighted by Crippen LogP contribution is 2.14. The topological polar surface area (TPSA) is 91.5 Å². The first kappa shape index (κ1) is 13.1. The Labute approximate surface area is 98.7 Å². The maximum atomic E-state index is 11.1. The third-order valence-electron chi connectivity index (χ3n) is 2.22. The molecule has 6 heteroatoms. The van der Waals surface area contributed by atoms with Gasteiger partial charge in [-0.2, -0.15) is 0 Å². The molecule has 1 aromatic heterocycles. The number of nitrogens with two attached hydrogens (primary N) is 1. The standard InChI is InChI=1S/C11H14N2O4/c1-16-10-8(6-14)3-7(5-13-10)4-9(12)11(15)17-2/h3,5-6,9H,4,12H2,1-2H3/t9-/m0/s1. The molecular weight excluding hydrogens is 224 g/mol. The zero-order chi connectivity index (χ0) is 12.8. The molecule has 0 saturated carbocycles. The number of nitrogens with zero attached hydrogens (tertiary/aromatic N) is 1. The van der Waals surface area contributed by atoms with E-state index in [1.807, 2.05) is 0 Å². The van der Waals surface area contributed by atoms with Gasteiger partial charge in [0.15, 0.2) is 6.29 Å². The Morgan fingerprint density at radius 3 is 2.82 bits per heavy atom. The highest BCUT2D eigenvalue weighted by molar-refractivity contribution is 5.79. The molecule has 0 unspecified atom stereocenters. The largest absolute Gasteiger partial charge is 0.480 e. The van der Waals surface area contributed by atoms with Crippen molar-refractivity contribution in [3.63, 3.8) is 0 Å². The number of methoxy groups -OCH3 is 2. The van der Waals surface area contributed by atoms with E-state index in [2.05, 4.69) is 9.72 Å². The number of esters is 1. The Balaban J connectivity index is 2.86. The van der Waals surface area contributed by atoms with Crippen LogP contribution < -0.4 is 10.5 Å². The van der Waals surface area contributed by atoms with E-state index in [0.717, 1.165) is 0 Å². The third kappa shape index (κ3) is 3.25. The third-order valence-corrected chi connectivity index (χ3v) is 2.22. The van der Waals surface area contributed by atoms with Gasteiger partial charge < -0.3 is 15.2 Å². The van der Waals surface area contributed by atoms with Crippen molar-refractivity contribution < 1.29 is 19.1 Å². The molecule has 0 amide bonds. The number of carbonyl (C=O) groups excluding carboxylic acids is 2. The molecule has 92 valence electrons. The van der Waals surface area contributed by atoms with Crippen LogP contribution in [-0.2, 0) is 16.0 Å². The summed E-state index contributed by atoms with van der Waals surface area (Å²) in [4.78, 5) is 25.8. The fourth-order valence-electron chi connectivity index (χ4n) is 1.37. The number of hydrogen-bond acceptors (Lipinski definition) is 6. The van der Waals surface area contributed by atoms with Gasteiger partial charge in [-0.05, 0) is 18.1 Å². The van der Waals surface area contributed by atoms with Gasteiger partial charge in [0.1, 0.15) is 6.04 Å². The number of pyridine rings is 1. The molecule has 0 radical (unpaired) electrons. The van der Waals surface area contributed by atoms with Crippen LogP contribution in [0.4, 0.5) is 0 Å². The van der Waals surface area contributed by atoms with E-state index in [9.17, 15) is 9.59 Å². The Morgan fingerprint density at radius 1 is 1.59 bits per heavy atom. The summed E-state index contributed by atoms with van der Waals surface area (Å²) in [6.45, 7) is 0. The molecule has 0 aromatic carbocycles. The van der Waals surface area contributed by atoms with Crippen LogP contribution in [0.1, 0.15) is 15.9 Å². The van der Waals surface area contributed by atoms with Crippen LogP contribution in [0.2, 0.25) is 0 Å². The molecule has 0 fully saturated rings.